The van der Waals surface area contributed by atoms with Gasteiger partial charge in [-0.2, -0.15) is 0 Å². The third-order valence-corrected chi connectivity index (χ3v) is 5.49. The van der Waals surface area contributed by atoms with Gasteiger partial charge in [-0.25, -0.2) is 4.39 Å². The van der Waals surface area contributed by atoms with Crippen LogP contribution >= 0.6 is 0 Å². The zero-order chi connectivity index (χ0) is 17.8. The van der Waals surface area contributed by atoms with Crippen LogP contribution in [0, 0.1) is 5.82 Å². The van der Waals surface area contributed by atoms with Gasteiger partial charge in [0.1, 0.15) is 17.6 Å². The van der Waals surface area contributed by atoms with Crippen molar-refractivity contribution in [1.82, 2.24) is 9.80 Å². The first kappa shape index (κ1) is 18.1. The highest BCUT2D eigenvalue weighted by atomic mass is 19.1. The fourth-order valence-corrected chi connectivity index (χ4v) is 4.25. The highest BCUT2D eigenvalue weighted by molar-refractivity contribution is 5.76. The van der Waals surface area contributed by atoms with E-state index in [0.717, 1.165) is 19.5 Å². The molecule has 0 bridgehead atoms. The lowest BCUT2D eigenvalue weighted by atomic mass is 10.0. The normalized spacial score (nSPS) is 21.8. The van der Waals surface area contributed by atoms with E-state index >= 15 is 0 Å². The molecule has 1 aromatic carbocycles. The molecule has 25 heavy (non-hydrogen) atoms. The second kappa shape index (κ2) is 8.15. The molecule has 1 aliphatic carbocycles. The van der Waals surface area contributed by atoms with Crippen molar-refractivity contribution in [3.63, 3.8) is 0 Å². The van der Waals surface area contributed by atoms with Gasteiger partial charge in [-0.3, -0.25) is 14.6 Å². The van der Waals surface area contributed by atoms with Crippen molar-refractivity contribution in [1.29, 1.82) is 0 Å². The minimum atomic E-state index is -0.960. The van der Waals surface area contributed by atoms with Crippen molar-refractivity contribution in [2.45, 2.75) is 44.2 Å². The van der Waals surface area contributed by atoms with Crippen LogP contribution in [0.5, 0.6) is 5.75 Å². The summed E-state index contributed by atoms with van der Waals surface area (Å²) >= 11 is 0. The number of nitrogens with zero attached hydrogens (tertiary/aromatic N) is 2. The fourth-order valence-electron chi connectivity index (χ4n) is 4.25. The molecule has 1 aromatic rings. The molecule has 5 nitrogen and oxygen atoms in total. The van der Waals surface area contributed by atoms with Gasteiger partial charge in [-0.1, -0.05) is 12.8 Å². The molecule has 138 valence electrons. The minimum Gasteiger partial charge on any atom is -0.496 e. The molecule has 1 aliphatic heterocycles. The molecule has 3 rings (SSSR count). The topological polar surface area (TPSA) is 53.0 Å². The number of benzene rings is 1. The standard InChI is InChI=1S/C19H27FN2O3/c1-25-17-8-7-14(20)13-16(17)18(19(23)24)22-10-4-9-21(11-12-22)15-5-2-3-6-15/h7-8,13,15,18H,2-6,9-12H2,1H3,(H,23,24)/t18-/m0/s1. The van der Waals surface area contributed by atoms with Crippen LogP contribution in [0.4, 0.5) is 4.39 Å². The Morgan fingerprint density at radius 3 is 2.64 bits per heavy atom. The third kappa shape index (κ3) is 4.12. The summed E-state index contributed by atoms with van der Waals surface area (Å²) in [7, 11) is 1.49. The molecule has 6 heteroatoms. The molecule has 1 saturated carbocycles. The maximum absolute atomic E-state index is 13.7. The minimum absolute atomic E-state index is 0.393. The SMILES string of the molecule is COc1ccc(F)cc1[C@@H](C(=O)O)N1CCCN(C2CCCC2)CC1. The number of rotatable bonds is 5. The number of aliphatic carboxylic acids is 1. The largest absolute Gasteiger partial charge is 0.496 e. The van der Waals surface area contributed by atoms with Crippen molar-refractivity contribution in [2.24, 2.45) is 0 Å². The zero-order valence-corrected chi connectivity index (χ0v) is 14.8. The number of halogens is 1. The molecule has 2 fully saturated rings. The number of carboxylic acids is 1. The molecule has 0 spiro atoms. The molecule has 1 N–H and O–H groups in total. The summed E-state index contributed by atoms with van der Waals surface area (Å²) in [5.74, 6) is -0.978. The van der Waals surface area contributed by atoms with Gasteiger partial charge in [-0.15, -0.1) is 0 Å². The van der Waals surface area contributed by atoms with Crippen molar-refractivity contribution in [3.8, 4) is 5.75 Å². The van der Waals surface area contributed by atoms with Gasteiger partial charge in [0.15, 0.2) is 0 Å². The van der Waals surface area contributed by atoms with Crippen LogP contribution in [0.2, 0.25) is 0 Å². The lowest BCUT2D eigenvalue weighted by Crippen LogP contribution is -2.39. The average Bonchev–Trinajstić information content (AvgIpc) is 3.02. The van der Waals surface area contributed by atoms with Crippen LogP contribution in [0.1, 0.15) is 43.7 Å². The van der Waals surface area contributed by atoms with Crippen LogP contribution in [0.15, 0.2) is 18.2 Å². The van der Waals surface area contributed by atoms with Crippen LogP contribution in [0.25, 0.3) is 0 Å². The van der Waals surface area contributed by atoms with E-state index in [1.165, 1.54) is 51.0 Å². The molecule has 1 atom stereocenters. The lowest BCUT2D eigenvalue weighted by Gasteiger charge is -2.30. The third-order valence-electron chi connectivity index (χ3n) is 5.49. The van der Waals surface area contributed by atoms with Crippen molar-refractivity contribution >= 4 is 5.97 Å². The highest BCUT2D eigenvalue weighted by Gasteiger charge is 2.33. The molecule has 0 unspecified atom stereocenters. The molecular formula is C19H27FN2O3. The second-order valence-electron chi connectivity index (χ2n) is 6.99. The van der Waals surface area contributed by atoms with Gasteiger partial charge in [0.2, 0.25) is 0 Å². The van der Waals surface area contributed by atoms with Gasteiger partial charge in [0.05, 0.1) is 7.11 Å². The molecule has 2 aliphatic rings. The predicted octanol–water partition coefficient (Wildman–Crippen LogP) is 2.91. The number of carbonyl (C=O) groups is 1. The van der Waals surface area contributed by atoms with E-state index in [-0.39, 0.29) is 0 Å². The van der Waals surface area contributed by atoms with Crippen LogP contribution in [-0.4, -0.2) is 60.2 Å². The fraction of sp³-hybridized carbons (Fsp3) is 0.632. The van der Waals surface area contributed by atoms with Crippen molar-refractivity contribution in [2.75, 3.05) is 33.3 Å². The van der Waals surface area contributed by atoms with Gasteiger partial charge < -0.3 is 9.84 Å². The summed E-state index contributed by atoms with van der Waals surface area (Å²) in [5, 5.41) is 9.83. The highest BCUT2D eigenvalue weighted by Crippen LogP contribution is 2.32. The number of methoxy groups -OCH3 is 1. The molecule has 1 saturated heterocycles. The van der Waals surface area contributed by atoms with Gasteiger partial charge in [0.25, 0.3) is 0 Å². The molecule has 0 radical (unpaired) electrons. The van der Waals surface area contributed by atoms with Gasteiger partial charge in [0, 0.05) is 31.2 Å². The second-order valence-corrected chi connectivity index (χ2v) is 6.99. The Hall–Kier alpha value is -1.66. The monoisotopic (exact) mass is 350 g/mol. The van der Waals surface area contributed by atoms with Gasteiger partial charge >= 0.3 is 5.97 Å². The Morgan fingerprint density at radius 1 is 1.20 bits per heavy atom. The van der Waals surface area contributed by atoms with E-state index < -0.39 is 17.8 Å². The summed E-state index contributed by atoms with van der Waals surface area (Å²) in [6, 6.07) is 3.85. The van der Waals surface area contributed by atoms with Crippen LogP contribution < -0.4 is 4.74 Å². The Morgan fingerprint density at radius 2 is 1.96 bits per heavy atom. The zero-order valence-electron chi connectivity index (χ0n) is 14.8. The maximum atomic E-state index is 13.7. The van der Waals surface area contributed by atoms with E-state index in [9.17, 15) is 14.3 Å². The smallest absolute Gasteiger partial charge is 0.325 e. The number of carboxylic acid groups (broad SMARTS) is 1. The summed E-state index contributed by atoms with van der Waals surface area (Å²) in [5.41, 5.74) is 0.393. The van der Waals surface area contributed by atoms with E-state index in [1.54, 1.807) is 0 Å². The van der Waals surface area contributed by atoms with E-state index in [4.69, 9.17) is 4.74 Å². The van der Waals surface area contributed by atoms with E-state index in [2.05, 4.69) is 4.90 Å². The Bertz CT molecular complexity index is 604. The summed E-state index contributed by atoms with van der Waals surface area (Å²) < 4.78 is 19.0. The van der Waals surface area contributed by atoms with E-state index in [0.29, 0.717) is 30.4 Å². The summed E-state index contributed by atoms with van der Waals surface area (Å²) in [6.07, 6.45) is 6.02. The lowest BCUT2D eigenvalue weighted by molar-refractivity contribution is -0.143. The molecular weight excluding hydrogens is 323 g/mol. The molecule has 0 aromatic heterocycles. The quantitative estimate of drug-likeness (QED) is 0.885. The Labute approximate surface area is 148 Å². The van der Waals surface area contributed by atoms with Crippen LogP contribution in [-0.2, 0) is 4.79 Å². The summed E-state index contributed by atoms with van der Waals surface area (Å²) in [4.78, 5) is 16.5. The molecule has 0 amide bonds. The predicted molar refractivity (Wildman–Crippen MR) is 93.3 cm³/mol. The first-order valence-electron chi connectivity index (χ1n) is 9.14. The number of hydrogen-bond acceptors (Lipinski definition) is 4. The molecule has 1 heterocycles. The Kier molecular flexibility index (Phi) is 5.91. The first-order chi connectivity index (χ1) is 12.1. The average molecular weight is 350 g/mol. The first-order valence-corrected chi connectivity index (χ1v) is 9.14. The summed E-state index contributed by atoms with van der Waals surface area (Å²) in [6.45, 7) is 3.24. The van der Waals surface area contributed by atoms with Crippen LogP contribution in [0.3, 0.4) is 0 Å². The van der Waals surface area contributed by atoms with Gasteiger partial charge in [-0.05, 0) is 44.0 Å². The van der Waals surface area contributed by atoms with E-state index in [1.807, 2.05) is 4.90 Å². The maximum Gasteiger partial charge on any atom is 0.325 e. The van der Waals surface area contributed by atoms with Crippen molar-refractivity contribution in [3.05, 3.63) is 29.6 Å². The number of hydrogen-bond donors (Lipinski definition) is 1. The van der Waals surface area contributed by atoms with Crippen molar-refractivity contribution < 1.29 is 19.0 Å². The Balaban J connectivity index is 1.79. The number of ether oxygens (including phenoxy) is 1.